The third-order valence-corrected chi connectivity index (χ3v) is 6.49. The lowest BCUT2D eigenvalue weighted by Crippen LogP contribution is -2.14. The molecule has 0 aliphatic carbocycles. The smallest absolute Gasteiger partial charge is 0.264 e. The van der Waals surface area contributed by atoms with Crippen molar-refractivity contribution in [2.75, 3.05) is 10.5 Å². The van der Waals surface area contributed by atoms with Gasteiger partial charge in [-0.2, -0.15) is 9.61 Å². The second-order valence-corrected chi connectivity index (χ2v) is 8.44. The summed E-state index contributed by atoms with van der Waals surface area (Å²) in [5.74, 6) is -0.495. The third kappa shape index (κ3) is 3.48. The molecule has 29 heavy (non-hydrogen) atoms. The highest BCUT2D eigenvalue weighted by atomic mass is 35.5. The van der Waals surface area contributed by atoms with Gasteiger partial charge in [0.2, 0.25) is 0 Å². The standard InChI is InChI=1S/C18H12Cl2FN5O2S/c19-13-2-1-3-14(20)17(13)29(27,28)25-10-4-5-11(15(21)8-10)12-9-23-16-6-7-24-26(16)18(12)22/h1-9,25H,22H2. The maximum absolute atomic E-state index is 14.8. The molecule has 4 rings (SSSR count). The van der Waals surface area contributed by atoms with E-state index in [1.807, 2.05) is 0 Å². The SMILES string of the molecule is Nc1c(-c2ccc(NS(=O)(=O)c3c(Cl)cccc3Cl)cc2F)cnc2ccnn12. The monoisotopic (exact) mass is 451 g/mol. The molecule has 0 saturated carbocycles. The second-order valence-electron chi connectivity index (χ2n) is 6.01. The van der Waals surface area contributed by atoms with Gasteiger partial charge in [-0.1, -0.05) is 29.3 Å². The minimum Gasteiger partial charge on any atom is -0.383 e. The number of nitrogen functional groups attached to an aromatic ring is 1. The number of nitrogens with two attached hydrogens (primary N) is 1. The molecule has 0 aliphatic heterocycles. The molecule has 4 aromatic rings. The van der Waals surface area contributed by atoms with Gasteiger partial charge >= 0.3 is 0 Å². The summed E-state index contributed by atoms with van der Waals surface area (Å²) in [4.78, 5) is 3.89. The van der Waals surface area contributed by atoms with Gasteiger partial charge in [0.05, 0.1) is 21.9 Å². The van der Waals surface area contributed by atoms with Crippen LogP contribution in [-0.4, -0.2) is 23.0 Å². The summed E-state index contributed by atoms with van der Waals surface area (Å²) in [6.45, 7) is 0. The van der Waals surface area contributed by atoms with Crippen LogP contribution in [0.25, 0.3) is 16.8 Å². The lowest BCUT2D eigenvalue weighted by atomic mass is 10.1. The number of anilines is 2. The largest absolute Gasteiger partial charge is 0.383 e. The first-order valence-electron chi connectivity index (χ1n) is 8.13. The van der Waals surface area contributed by atoms with Gasteiger partial charge in [0, 0.05) is 23.4 Å². The molecule has 2 aromatic carbocycles. The lowest BCUT2D eigenvalue weighted by Gasteiger charge is -2.13. The molecule has 0 unspecified atom stereocenters. The Morgan fingerprint density at radius 1 is 1.07 bits per heavy atom. The summed E-state index contributed by atoms with van der Waals surface area (Å²) in [6.07, 6.45) is 2.95. The molecule has 0 saturated heterocycles. The zero-order valence-electron chi connectivity index (χ0n) is 14.5. The number of hydrogen-bond acceptors (Lipinski definition) is 5. The van der Waals surface area contributed by atoms with Gasteiger partial charge in [-0.3, -0.25) is 4.72 Å². The Bertz CT molecular complexity index is 1340. The van der Waals surface area contributed by atoms with Gasteiger partial charge in [-0.05, 0) is 30.3 Å². The van der Waals surface area contributed by atoms with E-state index < -0.39 is 15.8 Å². The summed E-state index contributed by atoms with van der Waals surface area (Å²) in [6, 6.07) is 9.79. The van der Waals surface area contributed by atoms with E-state index in [1.165, 1.54) is 47.2 Å². The van der Waals surface area contributed by atoms with Crippen molar-refractivity contribution in [1.29, 1.82) is 0 Å². The first-order valence-corrected chi connectivity index (χ1v) is 10.4. The van der Waals surface area contributed by atoms with Gasteiger partial charge in [0.15, 0.2) is 5.65 Å². The molecule has 0 bridgehead atoms. The third-order valence-electron chi connectivity index (χ3n) is 4.15. The number of fused-ring (bicyclic) bond motifs is 1. The highest BCUT2D eigenvalue weighted by Gasteiger charge is 2.22. The van der Waals surface area contributed by atoms with Crippen LogP contribution in [0.5, 0.6) is 0 Å². The van der Waals surface area contributed by atoms with Gasteiger partial charge in [-0.25, -0.2) is 17.8 Å². The fraction of sp³-hybridized carbons (Fsp3) is 0. The molecule has 0 aliphatic rings. The topological polar surface area (TPSA) is 102 Å². The van der Waals surface area contributed by atoms with Crippen LogP contribution in [0.3, 0.4) is 0 Å². The number of benzene rings is 2. The van der Waals surface area contributed by atoms with Gasteiger partial charge in [-0.15, -0.1) is 0 Å². The number of nitrogens with one attached hydrogen (secondary N) is 1. The molecule has 0 radical (unpaired) electrons. The van der Waals surface area contributed by atoms with Crippen molar-refractivity contribution in [2.24, 2.45) is 0 Å². The maximum Gasteiger partial charge on any atom is 0.264 e. The van der Waals surface area contributed by atoms with Gasteiger partial charge < -0.3 is 5.73 Å². The number of hydrogen-bond donors (Lipinski definition) is 2. The van der Waals surface area contributed by atoms with Crippen molar-refractivity contribution < 1.29 is 12.8 Å². The number of nitrogens with zero attached hydrogens (tertiary/aromatic N) is 3. The van der Waals surface area contributed by atoms with E-state index in [-0.39, 0.29) is 32.0 Å². The molecule has 2 heterocycles. The zero-order chi connectivity index (χ0) is 20.8. The van der Waals surface area contributed by atoms with Crippen molar-refractivity contribution in [3.63, 3.8) is 0 Å². The highest BCUT2D eigenvalue weighted by Crippen LogP contribution is 2.33. The summed E-state index contributed by atoms with van der Waals surface area (Å²) in [5.41, 5.74) is 7.05. The molecule has 0 amide bonds. The van der Waals surface area contributed by atoms with Crippen LogP contribution in [0, 0.1) is 5.82 Å². The highest BCUT2D eigenvalue weighted by molar-refractivity contribution is 7.93. The minimum atomic E-state index is -4.13. The van der Waals surface area contributed by atoms with Crippen LogP contribution >= 0.6 is 23.2 Å². The quantitative estimate of drug-likeness (QED) is 0.483. The van der Waals surface area contributed by atoms with E-state index in [2.05, 4.69) is 14.8 Å². The Balaban J connectivity index is 1.71. The van der Waals surface area contributed by atoms with E-state index in [4.69, 9.17) is 28.9 Å². The molecular formula is C18H12Cl2FN5O2S. The van der Waals surface area contributed by atoms with Crippen LogP contribution < -0.4 is 10.5 Å². The average Bonchev–Trinajstić information content (AvgIpc) is 3.12. The predicted octanol–water partition coefficient (Wildman–Crippen LogP) is 4.23. The van der Waals surface area contributed by atoms with E-state index in [0.29, 0.717) is 11.2 Å². The van der Waals surface area contributed by atoms with E-state index in [1.54, 1.807) is 6.07 Å². The molecule has 0 fully saturated rings. The molecule has 11 heteroatoms. The van der Waals surface area contributed by atoms with E-state index in [0.717, 1.165) is 6.07 Å². The average molecular weight is 452 g/mol. The molecule has 3 N–H and O–H groups in total. The van der Waals surface area contributed by atoms with Crippen LogP contribution in [0.4, 0.5) is 15.9 Å². The van der Waals surface area contributed by atoms with Crippen molar-refractivity contribution >= 4 is 50.4 Å². The fourth-order valence-electron chi connectivity index (χ4n) is 2.84. The van der Waals surface area contributed by atoms with Crippen molar-refractivity contribution in [3.05, 3.63) is 70.7 Å². The van der Waals surface area contributed by atoms with Crippen LogP contribution in [-0.2, 0) is 10.0 Å². The zero-order valence-corrected chi connectivity index (χ0v) is 16.8. The molecule has 7 nitrogen and oxygen atoms in total. The van der Waals surface area contributed by atoms with Gasteiger partial charge in [0.25, 0.3) is 10.0 Å². The Morgan fingerprint density at radius 3 is 2.48 bits per heavy atom. The molecule has 148 valence electrons. The minimum absolute atomic E-state index is 0.00562. The Morgan fingerprint density at radius 2 is 1.79 bits per heavy atom. The molecule has 0 spiro atoms. The first-order chi connectivity index (χ1) is 13.8. The summed E-state index contributed by atoms with van der Waals surface area (Å²) < 4.78 is 43.7. The number of sulfonamides is 1. The molecule has 2 aromatic heterocycles. The first kappa shape index (κ1) is 19.4. The maximum atomic E-state index is 14.8. The Hall–Kier alpha value is -2.88. The Labute approximate surface area is 174 Å². The normalized spacial score (nSPS) is 11.7. The molecule has 0 atom stereocenters. The van der Waals surface area contributed by atoms with Crippen LogP contribution in [0.15, 0.2) is 59.8 Å². The van der Waals surface area contributed by atoms with Gasteiger partial charge in [0.1, 0.15) is 16.5 Å². The fourth-order valence-corrected chi connectivity index (χ4v) is 5.04. The Kier molecular flexibility index (Phi) is 4.81. The van der Waals surface area contributed by atoms with E-state index >= 15 is 0 Å². The van der Waals surface area contributed by atoms with Crippen LogP contribution in [0.1, 0.15) is 0 Å². The van der Waals surface area contributed by atoms with Crippen molar-refractivity contribution in [3.8, 4) is 11.1 Å². The van der Waals surface area contributed by atoms with Crippen LogP contribution in [0.2, 0.25) is 10.0 Å². The second kappa shape index (κ2) is 7.18. The summed E-state index contributed by atoms with van der Waals surface area (Å²) in [7, 11) is -4.13. The summed E-state index contributed by atoms with van der Waals surface area (Å²) in [5, 5.41) is 3.94. The predicted molar refractivity (Wildman–Crippen MR) is 110 cm³/mol. The number of rotatable bonds is 4. The van der Waals surface area contributed by atoms with E-state index in [9.17, 15) is 12.8 Å². The molecular weight excluding hydrogens is 440 g/mol. The lowest BCUT2D eigenvalue weighted by molar-refractivity contribution is 0.601. The van der Waals surface area contributed by atoms with Crippen molar-refractivity contribution in [2.45, 2.75) is 4.90 Å². The number of aromatic nitrogens is 3. The van der Waals surface area contributed by atoms with Crippen molar-refractivity contribution in [1.82, 2.24) is 14.6 Å². The number of halogens is 3. The summed E-state index contributed by atoms with van der Waals surface area (Å²) >= 11 is 11.9.